The fraction of sp³-hybridized carbons (Fsp3) is 0.462. The maximum atomic E-state index is 13.9. The van der Waals surface area contributed by atoms with E-state index in [1.165, 1.54) is 11.3 Å². The number of aromatic nitrogens is 1. The standard InChI is InChI=1S/C26H33N3O6S/c1-6-31-21-13-17(14-22(32-7-2)24(21)33-8-3)25(30)29(10-9-28(4)5)26-27-18-15-19-20(16-23(18)36-26)35-12-11-34-19/h13-16H,6-12H2,1-5H3. The molecular weight excluding hydrogens is 482 g/mol. The first kappa shape index (κ1) is 25.8. The molecule has 9 nitrogen and oxygen atoms in total. The Morgan fingerprint density at radius 1 is 0.917 bits per heavy atom. The molecule has 194 valence electrons. The number of hydrogen-bond acceptors (Lipinski definition) is 9. The summed E-state index contributed by atoms with van der Waals surface area (Å²) in [6.45, 7) is 9.13. The van der Waals surface area contributed by atoms with Crippen LogP contribution in [-0.2, 0) is 0 Å². The summed E-state index contributed by atoms with van der Waals surface area (Å²) in [6, 6.07) is 7.23. The summed E-state index contributed by atoms with van der Waals surface area (Å²) in [6.07, 6.45) is 0. The number of fused-ring (bicyclic) bond motifs is 2. The average Bonchev–Trinajstić information content (AvgIpc) is 3.26. The summed E-state index contributed by atoms with van der Waals surface area (Å²) in [4.78, 5) is 22.5. The topological polar surface area (TPSA) is 82.6 Å². The van der Waals surface area contributed by atoms with E-state index in [-0.39, 0.29) is 5.91 Å². The van der Waals surface area contributed by atoms with Gasteiger partial charge in [0.05, 0.1) is 30.0 Å². The molecule has 4 rings (SSSR count). The molecule has 0 bridgehead atoms. The van der Waals surface area contributed by atoms with Gasteiger partial charge in [-0.05, 0) is 47.0 Å². The SMILES string of the molecule is CCOc1cc(C(=O)N(CCN(C)C)c2nc3cc4c(cc3s2)OCCO4)cc(OCC)c1OCC. The number of carbonyl (C=O) groups is 1. The Hall–Kier alpha value is -3.24. The predicted octanol–water partition coefficient (Wildman–Crippen LogP) is 4.47. The molecule has 0 unspecified atom stereocenters. The van der Waals surface area contributed by atoms with Crippen molar-refractivity contribution >= 4 is 32.6 Å². The van der Waals surface area contributed by atoms with E-state index >= 15 is 0 Å². The summed E-state index contributed by atoms with van der Waals surface area (Å²) in [7, 11) is 3.95. The number of carbonyl (C=O) groups excluding carboxylic acids is 1. The van der Waals surface area contributed by atoms with Crippen LogP contribution < -0.4 is 28.6 Å². The second kappa shape index (κ2) is 11.7. The molecule has 0 spiro atoms. The van der Waals surface area contributed by atoms with Crippen molar-refractivity contribution in [2.75, 3.05) is 65.1 Å². The van der Waals surface area contributed by atoms with Gasteiger partial charge in [-0.3, -0.25) is 9.69 Å². The first-order chi connectivity index (χ1) is 17.4. The van der Waals surface area contributed by atoms with Gasteiger partial charge in [-0.1, -0.05) is 11.3 Å². The molecule has 1 aromatic heterocycles. The van der Waals surface area contributed by atoms with Crippen LogP contribution >= 0.6 is 11.3 Å². The molecule has 0 fully saturated rings. The van der Waals surface area contributed by atoms with Gasteiger partial charge in [0, 0.05) is 30.8 Å². The lowest BCUT2D eigenvalue weighted by molar-refractivity contribution is 0.0984. The van der Waals surface area contributed by atoms with Gasteiger partial charge in [-0.15, -0.1) is 0 Å². The van der Waals surface area contributed by atoms with E-state index in [1.807, 2.05) is 51.9 Å². The van der Waals surface area contributed by atoms with Crippen LogP contribution in [0.1, 0.15) is 31.1 Å². The maximum Gasteiger partial charge on any atom is 0.260 e. The number of ether oxygens (including phenoxy) is 5. The average molecular weight is 516 g/mol. The zero-order valence-electron chi connectivity index (χ0n) is 21.5. The van der Waals surface area contributed by atoms with Gasteiger partial charge in [0.1, 0.15) is 13.2 Å². The molecule has 2 heterocycles. The molecule has 1 aliphatic rings. The highest BCUT2D eigenvalue weighted by Gasteiger charge is 2.26. The van der Waals surface area contributed by atoms with Crippen LogP contribution in [-0.4, -0.2) is 76.0 Å². The van der Waals surface area contributed by atoms with Gasteiger partial charge >= 0.3 is 0 Å². The number of benzene rings is 2. The van der Waals surface area contributed by atoms with Gasteiger partial charge in [0.25, 0.3) is 5.91 Å². The number of likely N-dealkylation sites (N-methyl/N-ethyl adjacent to an activating group) is 1. The molecule has 2 aromatic carbocycles. The van der Waals surface area contributed by atoms with Crippen molar-refractivity contribution in [1.29, 1.82) is 0 Å². The highest BCUT2D eigenvalue weighted by atomic mass is 32.1. The Bertz CT molecular complexity index is 1140. The van der Waals surface area contributed by atoms with Crippen molar-refractivity contribution in [2.24, 2.45) is 0 Å². The normalized spacial score (nSPS) is 12.6. The van der Waals surface area contributed by atoms with Crippen molar-refractivity contribution in [3.05, 3.63) is 29.8 Å². The van der Waals surface area contributed by atoms with E-state index in [0.717, 1.165) is 10.2 Å². The lowest BCUT2D eigenvalue weighted by Crippen LogP contribution is -2.36. The third-order valence-electron chi connectivity index (χ3n) is 5.44. The van der Waals surface area contributed by atoms with Gasteiger partial charge in [-0.2, -0.15) is 0 Å². The molecule has 0 radical (unpaired) electrons. The van der Waals surface area contributed by atoms with E-state index in [2.05, 4.69) is 0 Å². The predicted molar refractivity (Wildman–Crippen MR) is 141 cm³/mol. The molecule has 0 N–H and O–H groups in total. The number of amides is 1. The van der Waals surface area contributed by atoms with Crippen molar-refractivity contribution in [3.63, 3.8) is 0 Å². The number of rotatable bonds is 11. The number of thiazole rings is 1. The minimum absolute atomic E-state index is 0.196. The smallest absolute Gasteiger partial charge is 0.260 e. The van der Waals surface area contributed by atoms with Gasteiger partial charge in [-0.25, -0.2) is 4.98 Å². The van der Waals surface area contributed by atoms with Crippen molar-refractivity contribution in [1.82, 2.24) is 9.88 Å². The number of anilines is 1. The van der Waals surface area contributed by atoms with E-state index in [1.54, 1.807) is 17.0 Å². The third kappa shape index (κ3) is 5.60. The first-order valence-electron chi connectivity index (χ1n) is 12.2. The van der Waals surface area contributed by atoms with Gasteiger partial charge in [0.15, 0.2) is 28.1 Å². The van der Waals surface area contributed by atoms with Crippen molar-refractivity contribution < 1.29 is 28.5 Å². The fourth-order valence-electron chi connectivity index (χ4n) is 3.82. The summed E-state index contributed by atoms with van der Waals surface area (Å²) in [5.41, 5.74) is 1.20. The van der Waals surface area contributed by atoms with Gasteiger partial charge in [0.2, 0.25) is 5.75 Å². The van der Waals surface area contributed by atoms with Crippen LogP contribution in [0.3, 0.4) is 0 Å². The molecule has 0 aliphatic carbocycles. The Morgan fingerprint density at radius 2 is 1.53 bits per heavy atom. The molecule has 3 aromatic rings. The Kier molecular flexibility index (Phi) is 8.37. The van der Waals surface area contributed by atoms with E-state index in [4.69, 9.17) is 28.7 Å². The number of nitrogens with zero attached hydrogens (tertiary/aromatic N) is 3. The highest BCUT2D eigenvalue weighted by Crippen LogP contribution is 2.41. The molecule has 10 heteroatoms. The summed E-state index contributed by atoms with van der Waals surface area (Å²) < 4.78 is 29.8. The van der Waals surface area contributed by atoms with Gasteiger partial charge < -0.3 is 28.6 Å². The second-order valence-electron chi connectivity index (χ2n) is 8.32. The molecule has 1 amide bonds. The van der Waals surface area contributed by atoms with Crippen LogP contribution in [0, 0.1) is 0 Å². The van der Waals surface area contributed by atoms with Crippen LogP contribution in [0.2, 0.25) is 0 Å². The summed E-state index contributed by atoms with van der Waals surface area (Å²) >= 11 is 1.45. The van der Waals surface area contributed by atoms with Crippen LogP contribution in [0.4, 0.5) is 5.13 Å². The molecule has 1 aliphatic heterocycles. The Balaban J connectivity index is 1.76. The van der Waals surface area contributed by atoms with Crippen LogP contribution in [0.25, 0.3) is 10.2 Å². The fourth-order valence-corrected chi connectivity index (χ4v) is 4.82. The quantitative estimate of drug-likeness (QED) is 0.370. The molecular formula is C26H33N3O6S. The number of hydrogen-bond donors (Lipinski definition) is 0. The van der Waals surface area contributed by atoms with Crippen molar-refractivity contribution in [3.8, 4) is 28.7 Å². The zero-order valence-corrected chi connectivity index (χ0v) is 22.3. The molecule has 0 atom stereocenters. The highest BCUT2D eigenvalue weighted by molar-refractivity contribution is 7.22. The van der Waals surface area contributed by atoms with Crippen molar-refractivity contribution in [2.45, 2.75) is 20.8 Å². The van der Waals surface area contributed by atoms with E-state index in [9.17, 15) is 4.79 Å². The Labute approximate surface area is 215 Å². The van der Waals surface area contributed by atoms with Crippen LogP contribution in [0.15, 0.2) is 24.3 Å². The second-order valence-corrected chi connectivity index (χ2v) is 9.33. The zero-order chi connectivity index (χ0) is 25.7. The molecule has 0 saturated heterocycles. The third-order valence-corrected chi connectivity index (χ3v) is 6.49. The van der Waals surface area contributed by atoms with E-state index in [0.29, 0.717) is 85.6 Å². The summed E-state index contributed by atoms with van der Waals surface area (Å²) in [5.74, 6) is 2.64. The minimum Gasteiger partial charge on any atom is -0.490 e. The lowest BCUT2D eigenvalue weighted by Gasteiger charge is -2.23. The summed E-state index contributed by atoms with van der Waals surface area (Å²) in [5, 5.41) is 0.601. The van der Waals surface area contributed by atoms with E-state index < -0.39 is 0 Å². The largest absolute Gasteiger partial charge is 0.490 e. The lowest BCUT2D eigenvalue weighted by atomic mass is 10.1. The monoisotopic (exact) mass is 515 g/mol. The Morgan fingerprint density at radius 3 is 2.11 bits per heavy atom. The molecule has 36 heavy (non-hydrogen) atoms. The maximum absolute atomic E-state index is 13.9. The van der Waals surface area contributed by atoms with Crippen LogP contribution in [0.5, 0.6) is 28.7 Å². The minimum atomic E-state index is -0.196. The molecule has 0 saturated carbocycles. The first-order valence-corrected chi connectivity index (χ1v) is 13.0.